The molecular formula is C17H16F2O. The van der Waals surface area contributed by atoms with Crippen molar-refractivity contribution in [2.45, 2.75) is 12.5 Å². The summed E-state index contributed by atoms with van der Waals surface area (Å²) >= 11 is 0. The number of hydrogen-bond donors (Lipinski definition) is 0. The number of rotatable bonds is 6. The molecule has 0 spiro atoms. The van der Waals surface area contributed by atoms with Gasteiger partial charge in [-0.3, -0.25) is 0 Å². The SMILES string of the molecule is C=CCOC(F)([18F])Cc1ccc(-c2ccccc2)cc1. The number of ether oxygens (including phenoxy) is 1. The predicted octanol–water partition coefficient (Wildman–Crippen LogP) is 4.69. The lowest BCUT2D eigenvalue weighted by molar-refractivity contribution is -0.230. The molecule has 2 aromatic carbocycles. The summed E-state index contributed by atoms with van der Waals surface area (Å²) in [5, 5.41) is 0. The topological polar surface area (TPSA) is 9.23 Å². The van der Waals surface area contributed by atoms with E-state index in [1.165, 1.54) is 6.08 Å². The minimum Gasteiger partial charge on any atom is -0.316 e. The molecule has 0 aliphatic rings. The Morgan fingerprint density at radius 1 is 0.950 bits per heavy atom. The monoisotopic (exact) mass is 273 g/mol. The Labute approximate surface area is 117 Å². The predicted molar refractivity (Wildman–Crippen MR) is 76.7 cm³/mol. The molecule has 0 heterocycles. The van der Waals surface area contributed by atoms with E-state index in [9.17, 15) is 8.78 Å². The standard InChI is InChI=1S/C17H16F2O/c1-2-12-20-17(18,19)13-14-8-10-16(11-9-14)15-6-4-3-5-7-15/h2-11H,1,12-13H2/i18-1. The van der Waals surface area contributed by atoms with E-state index in [4.69, 9.17) is 0 Å². The van der Waals surface area contributed by atoms with Crippen LogP contribution in [-0.2, 0) is 11.2 Å². The minimum atomic E-state index is -3.16. The zero-order valence-corrected chi connectivity index (χ0v) is 11.1. The van der Waals surface area contributed by atoms with Crippen LogP contribution in [0.4, 0.5) is 8.78 Å². The van der Waals surface area contributed by atoms with E-state index in [1.807, 2.05) is 42.5 Å². The van der Waals surface area contributed by atoms with Gasteiger partial charge in [0.25, 0.3) is 0 Å². The van der Waals surface area contributed by atoms with E-state index in [0.29, 0.717) is 5.56 Å². The Morgan fingerprint density at radius 3 is 2.15 bits per heavy atom. The van der Waals surface area contributed by atoms with Gasteiger partial charge in [0, 0.05) is 0 Å². The van der Waals surface area contributed by atoms with Crippen molar-refractivity contribution in [1.82, 2.24) is 0 Å². The summed E-state index contributed by atoms with van der Waals surface area (Å²) in [5.74, 6) is 0. The number of alkyl halides is 2. The third kappa shape index (κ3) is 4.00. The molecule has 0 bridgehead atoms. The summed E-state index contributed by atoms with van der Waals surface area (Å²) < 4.78 is 31.3. The van der Waals surface area contributed by atoms with Gasteiger partial charge in [-0.15, -0.1) is 6.58 Å². The van der Waals surface area contributed by atoms with Crippen LogP contribution in [0.25, 0.3) is 11.1 Å². The van der Waals surface area contributed by atoms with E-state index < -0.39 is 12.5 Å². The average Bonchev–Trinajstić information content (AvgIpc) is 2.46. The van der Waals surface area contributed by atoms with E-state index in [1.54, 1.807) is 12.1 Å². The molecular weight excluding hydrogens is 257 g/mol. The number of hydrogen-bond acceptors (Lipinski definition) is 1. The molecule has 0 radical (unpaired) electrons. The first-order valence-electron chi connectivity index (χ1n) is 6.38. The first-order valence-corrected chi connectivity index (χ1v) is 6.38. The first-order chi connectivity index (χ1) is 9.61. The summed E-state index contributed by atoms with van der Waals surface area (Å²) in [6, 6.07) is 16.9. The maximum atomic E-state index is 13.4. The molecule has 0 saturated carbocycles. The lowest BCUT2D eigenvalue weighted by Crippen LogP contribution is -2.23. The van der Waals surface area contributed by atoms with Gasteiger partial charge in [-0.1, -0.05) is 60.7 Å². The van der Waals surface area contributed by atoms with Crippen LogP contribution >= 0.6 is 0 Å². The Hall–Kier alpha value is -2.00. The quantitative estimate of drug-likeness (QED) is 0.694. The van der Waals surface area contributed by atoms with Gasteiger partial charge < -0.3 is 4.74 Å². The van der Waals surface area contributed by atoms with Gasteiger partial charge in [0.2, 0.25) is 0 Å². The van der Waals surface area contributed by atoms with Gasteiger partial charge in [0.1, 0.15) is 0 Å². The Bertz CT molecular complexity index is 547. The largest absolute Gasteiger partial charge is 0.360 e. The number of benzene rings is 2. The lowest BCUT2D eigenvalue weighted by Gasteiger charge is -2.16. The van der Waals surface area contributed by atoms with Crippen molar-refractivity contribution in [2.24, 2.45) is 0 Å². The molecule has 104 valence electrons. The second kappa shape index (κ2) is 6.44. The molecule has 0 saturated heterocycles. The summed E-state index contributed by atoms with van der Waals surface area (Å²) in [6.45, 7) is 3.20. The van der Waals surface area contributed by atoms with Crippen molar-refractivity contribution in [1.29, 1.82) is 0 Å². The molecule has 0 amide bonds. The minimum absolute atomic E-state index is 0.158. The molecule has 0 aliphatic heterocycles. The fourth-order valence-corrected chi connectivity index (χ4v) is 1.92. The molecule has 0 fully saturated rings. The van der Waals surface area contributed by atoms with Crippen LogP contribution in [0, 0.1) is 0 Å². The molecule has 1 atom stereocenters. The van der Waals surface area contributed by atoms with Crippen LogP contribution in [0.1, 0.15) is 5.56 Å². The summed E-state index contributed by atoms with van der Waals surface area (Å²) in [4.78, 5) is 0. The second-order valence-electron chi connectivity index (χ2n) is 4.48. The van der Waals surface area contributed by atoms with Gasteiger partial charge in [0.05, 0.1) is 13.0 Å². The smallest absolute Gasteiger partial charge is 0.316 e. The van der Waals surface area contributed by atoms with Crippen LogP contribution in [-0.4, -0.2) is 12.7 Å². The van der Waals surface area contributed by atoms with Gasteiger partial charge in [0.15, 0.2) is 0 Å². The highest BCUT2D eigenvalue weighted by Crippen LogP contribution is 2.24. The third-order valence-electron chi connectivity index (χ3n) is 2.88. The normalized spacial score (nSPS) is 13.7. The van der Waals surface area contributed by atoms with Crippen molar-refractivity contribution in [3.63, 3.8) is 0 Å². The highest BCUT2D eigenvalue weighted by molar-refractivity contribution is 5.63. The fraction of sp³-hybridized carbons (Fsp3) is 0.176. The lowest BCUT2D eigenvalue weighted by atomic mass is 10.0. The molecule has 0 N–H and O–H groups in total. The van der Waals surface area contributed by atoms with Crippen molar-refractivity contribution >= 4 is 0 Å². The Morgan fingerprint density at radius 2 is 1.55 bits per heavy atom. The number of halogens is 2. The highest BCUT2D eigenvalue weighted by atomic mass is 19.2. The zero-order chi connectivity index (χ0) is 14.4. The van der Waals surface area contributed by atoms with Crippen LogP contribution in [0.2, 0.25) is 0 Å². The van der Waals surface area contributed by atoms with Crippen molar-refractivity contribution in [3.05, 3.63) is 72.8 Å². The second-order valence-corrected chi connectivity index (χ2v) is 4.48. The zero-order valence-electron chi connectivity index (χ0n) is 11.1. The average molecular weight is 273 g/mol. The molecule has 0 aliphatic carbocycles. The van der Waals surface area contributed by atoms with E-state index in [-0.39, 0.29) is 6.61 Å². The van der Waals surface area contributed by atoms with Crippen LogP contribution in [0.3, 0.4) is 0 Å². The summed E-state index contributed by atoms with van der Waals surface area (Å²) in [7, 11) is 0. The van der Waals surface area contributed by atoms with Crippen molar-refractivity contribution in [3.8, 4) is 11.1 Å². The van der Waals surface area contributed by atoms with Crippen molar-refractivity contribution < 1.29 is 13.5 Å². The van der Waals surface area contributed by atoms with Crippen molar-refractivity contribution in [2.75, 3.05) is 6.61 Å². The molecule has 20 heavy (non-hydrogen) atoms. The Kier molecular flexibility index (Phi) is 4.64. The molecule has 2 aromatic rings. The molecule has 1 nitrogen and oxygen atoms in total. The third-order valence-corrected chi connectivity index (χ3v) is 2.88. The van der Waals surface area contributed by atoms with Gasteiger partial charge >= 0.3 is 6.11 Å². The fourth-order valence-electron chi connectivity index (χ4n) is 1.92. The van der Waals surface area contributed by atoms with Gasteiger partial charge in [-0.25, -0.2) is 0 Å². The molecule has 0 aromatic heterocycles. The molecule has 2 rings (SSSR count). The van der Waals surface area contributed by atoms with E-state index >= 15 is 0 Å². The Balaban J connectivity index is 2.07. The maximum Gasteiger partial charge on any atom is 0.360 e. The van der Waals surface area contributed by atoms with Gasteiger partial charge in [-0.05, 0) is 16.7 Å². The molecule has 3 heteroatoms. The summed E-state index contributed by atoms with van der Waals surface area (Å²) in [5.41, 5.74) is 2.61. The highest BCUT2D eigenvalue weighted by Gasteiger charge is 2.29. The van der Waals surface area contributed by atoms with E-state index in [2.05, 4.69) is 11.3 Å². The van der Waals surface area contributed by atoms with Crippen LogP contribution in [0.15, 0.2) is 67.3 Å². The first kappa shape index (κ1) is 14.4. The van der Waals surface area contributed by atoms with Crippen LogP contribution in [0.5, 0.6) is 0 Å². The molecule has 1 unspecified atom stereocenters. The van der Waals surface area contributed by atoms with E-state index in [0.717, 1.165) is 11.1 Å². The van der Waals surface area contributed by atoms with Crippen LogP contribution < -0.4 is 0 Å². The summed E-state index contributed by atoms with van der Waals surface area (Å²) in [6.07, 6.45) is -2.29. The maximum absolute atomic E-state index is 13.4. The van der Waals surface area contributed by atoms with Gasteiger partial charge in [-0.2, -0.15) is 8.78 Å².